The van der Waals surface area contributed by atoms with Gasteiger partial charge in [0.1, 0.15) is 6.54 Å². The molecular weight excluding hydrogens is 362 g/mol. The van der Waals surface area contributed by atoms with Crippen molar-refractivity contribution in [3.8, 4) is 0 Å². The van der Waals surface area contributed by atoms with Gasteiger partial charge in [0.2, 0.25) is 0 Å². The Bertz CT molecular complexity index is 534. The fraction of sp³-hybridized carbons (Fsp3) is 0.667. The standard InChI is InChI=1S/C21H35NO6/c1-22(2,3)17-18(16-20(25)26)28-21(27)15-13-11-9-7-5-4-6-8-10-12-14-19(23)24/h5-8,18H,4,9-17H2,1-3H3,(H-,23,24,25,26)/b7-5+,8-6+. The molecule has 1 N–H and O–H groups in total. The molecule has 28 heavy (non-hydrogen) atoms. The summed E-state index contributed by atoms with van der Waals surface area (Å²) in [7, 11) is 5.73. The first-order valence-corrected chi connectivity index (χ1v) is 9.81. The molecule has 0 aliphatic carbocycles. The minimum Gasteiger partial charge on any atom is -0.550 e. The molecule has 1 atom stereocenters. The Kier molecular flexibility index (Phi) is 13.7. The highest BCUT2D eigenvalue weighted by atomic mass is 16.5. The maximum absolute atomic E-state index is 11.9. The molecule has 0 aliphatic heterocycles. The van der Waals surface area contributed by atoms with Crippen LogP contribution in [0, 0.1) is 0 Å². The average molecular weight is 398 g/mol. The summed E-state index contributed by atoms with van der Waals surface area (Å²) in [6, 6.07) is 0. The zero-order chi connectivity index (χ0) is 21.4. The van der Waals surface area contributed by atoms with Crippen LogP contribution in [0.4, 0.5) is 0 Å². The molecule has 0 spiro atoms. The minimum absolute atomic E-state index is 0.200. The van der Waals surface area contributed by atoms with Crippen LogP contribution >= 0.6 is 0 Å². The van der Waals surface area contributed by atoms with E-state index in [1.165, 1.54) is 0 Å². The number of carboxylic acids is 2. The Labute approximate surface area is 168 Å². The molecule has 7 nitrogen and oxygen atoms in total. The number of aliphatic carboxylic acids is 2. The average Bonchev–Trinajstić information content (AvgIpc) is 2.53. The molecule has 0 aliphatic rings. The summed E-state index contributed by atoms with van der Waals surface area (Å²) in [5, 5.41) is 19.3. The van der Waals surface area contributed by atoms with E-state index in [0.717, 1.165) is 25.7 Å². The third kappa shape index (κ3) is 18.6. The number of likely N-dealkylation sites (N-methyl/N-ethyl adjacent to an activating group) is 1. The number of hydrogen-bond donors (Lipinski definition) is 1. The van der Waals surface area contributed by atoms with Crippen LogP contribution in [0.2, 0.25) is 0 Å². The minimum atomic E-state index is -1.22. The van der Waals surface area contributed by atoms with Crippen molar-refractivity contribution in [2.75, 3.05) is 27.7 Å². The summed E-state index contributed by atoms with van der Waals surface area (Å²) in [5.74, 6) is -2.35. The van der Waals surface area contributed by atoms with E-state index in [4.69, 9.17) is 9.84 Å². The monoisotopic (exact) mass is 397 g/mol. The van der Waals surface area contributed by atoms with Gasteiger partial charge in [-0.1, -0.05) is 24.3 Å². The molecule has 0 aromatic carbocycles. The predicted octanol–water partition coefficient (Wildman–Crippen LogP) is 2.06. The molecule has 0 heterocycles. The molecule has 0 aromatic rings. The van der Waals surface area contributed by atoms with E-state index in [9.17, 15) is 19.5 Å². The van der Waals surface area contributed by atoms with Gasteiger partial charge in [-0.05, 0) is 38.5 Å². The molecular formula is C21H35NO6. The van der Waals surface area contributed by atoms with Crippen molar-refractivity contribution in [2.45, 2.75) is 63.9 Å². The Balaban J connectivity index is 3.88. The molecule has 0 saturated heterocycles. The van der Waals surface area contributed by atoms with Crippen LogP contribution in [0.15, 0.2) is 24.3 Å². The number of nitrogens with zero attached hydrogens (tertiary/aromatic N) is 1. The van der Waals surface area contributed by atoms with Gasteiger partial charge in [-0.3, -0.25) is 9.59 Å². The van der Waals surface area contributed by atoms with Gasteiger partial charge in [0.05, 0.1) is 21.1 Å². The van der Waals surface area contributed by atoms with E-state index >= 15 is 0 Å². The number of carbonyl (C=O) groups is 3. The largest absolute Gasteiger partial charge is 0.550 e. The molecule has 0 bridgehead atoms. The topological polar surface area (TPSA) is 104 Å². The normalized spacial score (nSPS) is 13.1. The van der Waals surface area contributed by atoms with Crippen LogP contribution in [0.1, 0.15) is 57.8 Å². The molecule has 0 aromatic heterocycles. The van der Waals surface area contributed by atoms with Crippen molar-refractivity contribution in [1.29, 1.82) is 0 Å². The van der Waals surface area contributed by atoms with Gasteiger partial charge in [0.25, 0.3) is 0 Å². The summed E-state index contributed by atoms with van der Waals surface area (Å²) in [5.41, 5.74) is 0. The van der Waals surface area contributed by atoms with Crippen LogP contribution in [0.5, 0.6) is 0 Å². The number of unbranched alkanes of at least 4 members (excludes halogenated alkanes) is 3. The number of hydrogen-bond acceptors (Lipinski definition) is 5. The van der Waals surface area contributed by atoms with Gasteiger partial charge in [-0.25, -0.2) is 0 Å². The number of carbonyl (C=O) groups excluding carboxylic acids is 2. The van der Waals surface area contributed by atoms with Crippen molar-refractivity contribution in [3.63, 3.8) is 0 Å². The number of allylic oxidation sites excluding steroid dienone is 4. The lowest BCUT2D eigenvalue weighted by Gasteiger charge is -2.29. The summed E-state index contributed by atoms with van der Waals surface area (Å²) >= 11 is 0. The highest BCUT2D eigenvalue weighted by Crippen LogP contribution is 2.09. The van der Waals surface area contributed by atoms with E-state index < -0.39 is 18.0 Å². The quantitative estimate of drug-likeness (QED) is 0.185. The summed E-state index contributed by atoms with van der Waals surface area (Å²) in [4.78, 5) is 33.1. The zero-order valence-electron chi connectivity index (χ0n) is 17.4. The molecule has 160 valence electrons. The van der Waals surface area contributed by atoms with E-state index in [-0.39, 0.29) is 25.2 Å². The van der Waals surface area contributed by atoms with Crippen molar-refractivity contribution in [3.05, 3.63) is 24.3 Å². The number of ether oxygens (including phenoxy) is 1. The lowest BCUT2D eigenvalue weighted by atomic mass is 10.1. The molecule has 1 unspecified atom stereocenters. The number of quaternary nitrogens is 1. The van der Waals surface area contributed by atoms with Gasteiger partial charge >= 0.3 is 11.9 Å². The lowest BCUT2D eigenvalue weighted by Crippen LogP contribution is -2.45. The maximum atomic E-state index is 11.9. The number of esters is 1. The fourth-order valence-electron chi connectivity index (χ4n) is 2.59. The van der Waals surface area contributed by atoms with Gasteiger partial charge < -0.3 is 24.2 Å². The van der Waals surface area contributed by atoms with Crippen molar-refractivity contribution >= 4 is 17.9 Å². The van der Waals surface area contributed by atoms with Crippen molar-refractivity contribution in [2.24, 2.45) is 0 Å². The Morgan fingerprint density at radius 3 is 2.11 bits per heavy atom. The highest BCUT2D eigenvalue weighted by molar-refractivity contribution is 5.70. The van der Waals surface area contributed by atoms with Crippen molar-refractivity contribution in [1.82, 2.24) is 0 Å². The smallest absolute Gasteiger partial charge is 0.306 e. The van der Waals surface area contributed by atoms with Gasteiger partial charge in [-0.15, -0.1) is 0 Å². The second kappa shape index (κ2) is 14.9. The number of carboxylic acid groups (broad SMARTS) is 2. The molecule has 0 fully saturated rings. The molecule has 0 rings (SSSR count). The summed E-state index contributed by atoms with van der Waals surface area (Å²) < 4.78 is 5.81. The Hall–Kier alpha value is -2.15. The van der Waals surface area contributed by atoms with E-state index in [1.807, 2.05) is 39.4 Å². The Morgan fingerprint density at radius 2 is 1.57 bits per heavy atom. The summed E-state index contributed by atoms with van der Waals surface area (Å²) in [6.45, 7) is 0.423. The second-order valence-corrected chi connectivity index (χ2v) is 7.87. The predicted molar refractivity (Wildman–Crippen MR) is 105 cm³/mol. The van der Waals surface area contributed by atoms with Crippen LogP contribution in [-0.4, -0.2) is 61.3 Å². The maximum Gasteiger partial charge on any atom is 0.306 e. The highest BCUT2D eigenvalue weighted by Gasteiger charge is 2.22. The zero-order valence-corrected chi connectivity index (χ0v) is 17.4. The summed E-state index contributed by atoms with van der Waals surface area (Å²) in [6.07, 6.45) is 12.3. The fourth-order valence-corrected chi connectivity index (χ4v) is 2.59. The van der Waals surface area contributed by atoms with Crippen LogP contribution < -0.4 is 5.11 Å². The first-order valence-electron chi connectivity index (χ1n) is 9.81. The molecule has 0 amide bonds. The number of rotatable bonds is 16. The molecule has 7 heteroatoms. The third-order valence-electron chi connectivity index (χ3n) is 3.81. The molecule has 0 radical (unpaired) electrons. The SMILES string of the molecule is C[N+](C)(C)CC(CC(=O)[O-])OC(=O)CCCC/C=C/C/C=C/CCCC(=O)O. The second-order valence-electron chi connectivity index (χ2n) is 7.87. The lowest BCUT2D eigenvalue weighted by molar-refractivity contribution is -0.873. The van der Waals surface area contributed by atoms with Crippen LogP contribution in [-0.2, 0) is 19.1 Å². The van der Waals surface area contributed by atoms with Crippen LogP contribution in [0.25, 0.3) is 0 Å². The Morgan fingerprint density at radius 1 is 0.964 bits per heavy atom. The third-order valence-corrected chi connectivity index (χ3v) is 3.81. The van der Waals surface area contributed by atoms with Gasteiger partial charge in [0, 0.05) is 25.2 Å². The first-order chi connectivity index (χ1) is 13.1. The van der Waals surface area contributed by atoms with E-state index in [0.29, 0.717) is 23.9 Å². The van der Waals surface area contributed by atoms with Gasteiger partial charge in [0.15, 0.2) is 6.10 Å². The van der Waals surface area contributed by atoms with Crippen LogP contribution in [0.3, 0.4) is 0 Å². The van der Waals surface area contributed by atoms with Gasteiger partial charge in [-0.2, -0.15) is 0 Å². The molecule has 0 saturated carbocycles. The van der Waals surface area contributed by atoms with Crippen molar-refractivity contribution < 1.29 is 33.8 Å². The van der Waals surface area contributed by atoms with E-state index in [2.05, 4.69) is 6.08 Å². The van der Waals surface area contributed by atoms with E-state index in [1.54, 1.807) is 0 Å². The first kappa shape index (κ1) is 25.9.